The zero-order valence-corrected chi connectivity index (χ0v) is 14.6. The number of carbonyl (C=O) groups excluding carboxylic acids is 1. The van der Waals surface area contributed by atoms with Crippen LogP contribution in [0.2, 0.25) is 0 Å². The molecule has 7 heteroatoms. The number of thiazole rings is 1. The Hall–Kier alpha value is -1.63. The Balaban J connectivity index is 1.38. The van der Waals surface area contributed by atoms with E-state index in [2.05, 4.69) is 15.7 Å². The summed E-state index contributed by atoms with van der Waals surface area (Å²) in [4.78, 5) is 29.9. The Morgan fingerprint density at radius 1 is 1.42 bits per heavy atom. The van der Waals surface area contributed by atoms with Crippen LogP contribution < -0.4 is 5.32 Å². The van der Waals surface area contributed by atoms with Crippen molar-refractivity contribution in [1.29, 1.82) is 0 Å². The van der Waals surface area contributed by atoms with E-state index in [9.17, 15) is 14.7 Å². The number of nitrogens with zero attached hydrogens (tertiary/aromatic N) is 2. The number of aromatic nitrogens is 1. The Labute approximate surface area is 145 Å². The molecule has 24 heavy (non-hydrogen) atoms. The molecule has 1 aliphatic heterocycles. The fourth-order valence-electron chi connectivity index (χ4n) is 4.60. The molecule has 4 atom stereocenters. The van der Waals surface area contributed by atoms with Crippen LogP contribution in [0.5, 0.6) is 0 Å². The van der Waals surface area contributed by atoms with Crippen molar-refractivity contribution in [3.63, 3.8) is 0 Å². The Kier molecular flexibility index (Phi) is 3.78. The molecule has 2 N–H and O–H groups in total. The summed E-state index contributed by atoms with van der Waals surface area (Å²) in [6.45, 7) is 2.41. The average Bonchev–Trinajstić information content (AvgIpc) is 3.30. The lowest BCUT2D eigenvalue weighted by Crippen LogP contribution is -2.37. The third-order valence-corrected chi connectivity index (χ3v) is 6.91. The third-order valence-electron chi connectivity index (χ3n) is 6.13. The van der Waals surface area contributed by atoms with E-state index in [0.717, 1.165) is 17.5 Å². The lowest BCUT2D eigenvalue weighted by atomic mass is 9.87. The van der Waals surface area contributed by atoms with Gasteiger partial charge in [0.2, 0.25) is 0 Å². The first kappa shape index (κ1) is 15.9. The number of rotatable bonds is 3. The number of fused-ring (bicyclic) bond motifs is 2. The first-order valence-corrected chi connectivity index (χ1v) is 9.57. The normalized spacial score (nSPS) is 34.7. The van der Waals surface area contributed by atoms with E-state index in [-0.39, 0.29) is 12.6 Å². The van der Waals surface area contributed by atoms with Gasteiger partial charge >= 0.3 is 12.0 Å². The van der Waals surface area contributed by atoms with E-state index >= 15 is 0 Å². The monoisotopic (exact) mass is 349 g/mol. The molecular weight excluding hydrogens is 326 g/mol. The second kappa shape index (κ2) is 5.72. The Morgan fingerprint density at radius 2 is 2.25 bits per heavy atom. The van der Waals surface area contributed by atoms with Gasteiger partial charge in [0.15, 0.2) is 5.13 Å². The predicted octanol–water partition coefficient (Wildman–Crippen LogP) is 3.38. The summed E-state index contributed by atoms with van der Waals surface area (Å²) in [6.07, 6.45) is 5.75. The number of nitrogens with one attached hydrogen (secondary N) is 1. The zero-order valence-electron chi connectivity index (χ0n) is 13.8. The van der Waals surface area contributed by atoms with Crippen LogP contribution in [-0.4, -0.2) is 40.1 Å². The number of amides is 2. The summed E-state index contributed by atoms with van der Waals surface area (Å²) >= 11 is 1.47. The van der Waals surface area contributed by atoms with Crippen molar-refractivity contribution in [2.75, 3.05) is 18.4 Å². The molecule has 0 radical (unpaired) electrons. The molecule has 0 spiro atoms. The number of hydrogen-bond acceptors (Lipinski definition) is 4. The summed E-state index contributed by atoms with van der Waals surface area (Å²) in [5.74, 6) is 1.37. The minimum absolute atomic E-state index is 0.242. The minimum Gasteiger partial charge on any atom is -0.481 e. The summed E-state index contributed by atoms with van der Waals surface area (Å²) in [5.41, 5.74) is 0.286. The molecule has 4 unspecified atom stereocenters. The molecule has 6 nitrogen and oxygen atoms in total. The van der Waals surface area contributed by atoms with Gasteiger partial charge in [0.1, 0.15) is 0 Å². The molecule has 3 aliphatic rings. The smallest absolute Gasteiger partial charge is 0.323 e. The Bertz CT molecular complexity index is 676. The van der Waals surface area contributed by atoms with Gasteiger partial charge in [0.05, 0.1) is 11.1 Å². The highest BCUT2D eigenvalue weighted by Gasteiger charge is 2.43. The maximum absolute atomic E-state index is 12.4. The second-order valence-corrected chi connectivity index (χ2v) is 8.68. The van der Waals surface area contributed by atoms with Crippen molar-refractivity contribution in [2.45, 2.75) is 44.9 Å². The van der Waals surface area contributed by atoms with Crippen molar-refractivity contribution < 1.29 is 14.7 Å². The van der Waals surface area contributed by atoms with Crippen LogP contribution >= 0.6 is 11.3 Å². The molecule has 2 aliphatic carbocycles. The summed E-state index contributed by atoms with van der Waals surface area (Å²) in [6, 6.07) is -0.242. The highest BCUT2D eigenvalue weighted by molar-refractivity contribution is 7.13. The van der Waals surface area contributed by atoms with Crippen molar-refractivity contribution in [2.24, 2.45) is 17.3 Å². The number of carboxylic acid groups (broad SMARTS) is 1. The highest BCUT2D eigenvalue weighted by Crippen LogP contribution is 2.53. The van der Waals surface area contributed by atoms with Gasteiger partial charge in [-0.15, -0.1) is 11.3 Å². The maximum Gasteiger partial charge on any atom is 0.323 e. The number of anilines is 1. The molecule has 130 valence electrons. The fraction of sp³-hybridized carbons (Fsp3) is 0.706. The third kappa shape index (κ3) is 2.68. The SMILES string of the molecule is CC1(C(=O)O)CCN(C(=O)Nc2nc(C3CC4CCC3C4)cs2)C1. The largest absolute Gasteiger partial charge is 0.481 e. The standard InChI is InChI=1S/C17H23N3O3S/c1-17(14(21)22)4-5-20(9-17)16(23)19-15-18-13(8-24-15)12-7-10-2-3-11(12)6-10/h8,10-12H,2-7,9H2,1H3,(H,21,22)(H,18,19,23). The summed E-state index contributed by atoms with van der Waals surface area (Å²) in [5, 5.41) is 14.8. The lowest BCUT2D eigenvalue weighted by Gasteiger charge is -2.20. The molecule has 0 aromatic carbocycles. The van der Waals surface area contributed by atoms with Gasteiger partial charge in [-0.05, 0) is 44.4 Å². The van der Waals surface area contributed by atoms with Gasteiger partial charge in [-0.1, -0.05) is 6.42 Å². The van der Waals surface area contributed by atoms with Crippen LogP contribution in [0.15, 0.2) is 5.38 Å². The predicted molar refractivity (Wildman–Crippen MR) is 91.3 cm³/mol. The molecule has 2 heterocycles. The Morgan fingerprint density at radius 3 is 2.88 bits per heavy atom. The van der Waals surface area contributed by atoms with Gasteiger partial charge in [-0.3, -0.25) is 10.1 Å². The van der Waals surface area contributed by atoms with Crippen molar-refractivity contribution in [3.8, 4) is 0 Å². The highest BCUT2D eigenvalue weighted by atomic mass is 32.1. The topological polar surface area (TPSA) is 82.5 Å². The number of carbonyl (C=O) groups is 2. The average molecular weight is 349 g/mol. The number of urea groups is 1. The molecule has 2 amide bonds. The van der Waals surface area contributed by atoms with Crippen molar-refractivity contribution in [1.82, 2.24) is 9.88 Å². The lowest BCUT2D eigenvalue weighted by molar-refractivity contribution is -0.146. The molecule has 1 saturated heterocycles. The van der Waals surface area contributed by atoms with Gasteiger partial charge in [-0.25, -0.2) is 9.78 Å². The number of likely N-dealkylation sites (tertiary alicyclic amines) is 1. The van der Waals surface area contributed by atoms with Gasteiger partial charge in [0, 0.05) is 24.4 Å². The second-order valence-electron chi connectivity index (χ2n) is 7.83. The van der Waals surface area contributed by atoms with E-state index in [1.165, 1.54) is 37.0 Å². The van der Waals surface area contributed by atoms with Crippen LogP contribution in [0.4, 0.5) is 9.93 Å². The molecule has 2 saturated carbocycles. The van der Waals surface area contributed by atoms with E-state index in [4.69, 9.17) is 0 Å². The van der Waals surface area contributed by atoms with Crippen LogP contribution in [0.3, 0.4) is 0 Å². The quantitative estimate of drug-likeness (QED) is 0.876. The number of carboxylic acids is 1. The van der Waals surface area contributed by atoms with Gasteiger partial charge < -0.3 is 10.0 Å². The molecule has 1 aromatic rings. The summed E-state index contributed by atoms with van der Waals surface area (Å²) < 4.78 is 0. The fourth-order valence-corrected chi connectivity index (χ4v) is 5.36. The molecule has 3 fully saturated rings. The first-order valence-electron chi connectivity index (χ1n) is 8.69. The molecular formula is C17H23N3O3S. The van der Waals surface area contributed by atoms with Crippen LogP contribution in [0.1, 0.15) is 50.6 Å². The van der Waals surface area contributed by atoms with E-state index < -0.39 is 11.4 Å². The molecule has 4 rings (SSSR count). The van der Waals surface area contributed by atoms with Crippen LogP contribution in [-0.2, 0) is 4.79 Å². The number of aliphatic carboxylic acids is 1. The number of hydrogen-bond donors (Lipinski definition) is 2. The molecule has 2 bridgehead atoms. The van der Waals surface area contributed by atoms with Crippen LogP contribution in [0.25, 0.3) is 0 Å². The van der Waals surface area contributed by atoms with Crippen molar-refractivity contribution >= 4 is 28.5 Å². The van der Waals surface area contributed by atoms with Crippen molar-refractivity contribution in [3.05, 3.63) is 11.1 Å². The van der Waals surface area contributed by atoms with E-state index in [1.54, 1.807) is 11.8 Å². The molecule has 1 aromatic heterocycles. The van der Waals surface area contributed by atoms with Crippen LogP contribution in [0, 0.1) is 17.3 Å². The zero-order chi connectivity index (χ0) is 16.9. The first-order chi connectivity index (χ1) is 11.4. The maximum atomic E-state index is 12.4. The van der Waals surface area contributed by atoms with Gasteiger partial charge in [-0.2, -0.15) is 0 Å². The van der Waals surface area contributed by atoms with Gasteiger partial charge in [0.25, 0.3) is 0 Å². The van der Waals surface area contributed by atoms with E-state index in [0.29, 0.717) is 24.0 Å². The van der Waals surface area contributed by atoms with E-state index in [1.807, 2.05) is 0 Å². The minimum atomic E-state index is -0.842. The summed E-state index contributed by atoms with van der Waals surface area (Å²) in [7, 11) is 0.